The van der Waals surface area contributed by atoms with E-state index in [-0.39, 0.29) is 11.4 Å². The lowest BCUT2D eigenvalue weighted by Gasteiger charge is -2.15. The summed E-state index contributed by atoms with van der Waals surface area (Å²) in [6, 6.07) is 17.0. The van der Waals surface area contributed by atoms with Gasteiger partial charge in [-0.2, -0.15) is 5.10 Å². The maximum Gasteiger partial charge on any atom is 0.292 e. The predicted molar refractivity (Wildman–Crippen MR) is 100 cm³/mol. The number of amides is 1. The number of hydrogen-bond donors (Lipinski definition) is 1. The summed E-state index contributed by atoms with van der Waals surface area (Å²) in [5.74, 6) is -0.580. The highest BCUT2D eigenvalue weighted by Gasteiger charge is 2.21. The van der Waals surface area contributed by atoms with E-state index in [0.29, 0.717) is 5.69 Å². The molecule has 8 heteroatoms. The molecule has 0 aliphatic heterocycles. The molecule has 0 aliphatic rings. The van der Waals surface area contributed by atoms with Crippen LogP contribution in [0.15, 0.2) is 71.5 Å². The Kier molecular flexibility index (Phi) is 5.07. The number of nitro benzene ring substituents is 1. The lowest BCUT2D eigenvalue weighted by Crippen LogP contribution is -2.33. The van der Waals surface area contributed by atoms with Crippen LogP contribution in [0.1, 0.15) is 13.0 Å². The minimum Gasteiger partial charge on any atom is -0.319 e. The van der Waals surface area contributed by atoms with Crippen molar-refractivity contribution in [3.05, 3.63) is 87.2 Å². The van der Waals surface area contributed by atoms with E-state index in [9.17, 15) is 19.7 Å². The smallest absolute Gasteiger partial charge is 0.292 e. The summed E-state index contributed by atoms with van der Waals surface area (Å²) in [5, 5.41) is 17.9. The average molecular weight is 364 g/mol. The van der Waals surface area contributed by atoms with Gasteiger partial charge in [0.2, 0.25) is 5.91 Å². The van der Waals surface area contributed by atoms with E-state index in [2.05, 4.69) is 10.4 Å². The lowest BCUT2D eigenvalue weighted by molar-refractivity contribution is -0.383. The van der Waals surface area contributed by atoms with Gasteiger partial charge in [-0.05, 0) is 19.1 Å². The van der Waals surface area contributed by atoms with E-state index in [1.807, 2.05) is 30.3 Å². The van der Waals surface area contributed by atoms with E-state index in [4.69, 9.17) is 0 Å². The third-order valence-electron chi connectivity index (χ3n) is 4.00. The van der Waals surface area contributed by atoms with Crippen LogP contribution < -0.4 is 10.9 Å². The summed E-state index contributed by atoms with van der Waals surface area (Å²) in [6.45, 7) is 1.51. The topological polar surface area (TPSA) is 107 Å². The fourth-order valence-corrected chi connectivity index (χ4v) is 2.55. The van der Waals surface area contributed by atoms with Crippen molar-refractivity contribution in [1.29, 1.82) is 0 Å². The van der Waals surface area contributed by atoms with Crippen molar-refractivity contribution >= 4 is 17.3 Å². The van der Waals surface area contributed by atoms with Gasteiger partial charge in [0.1, 0.15) is 11.7 Å². The number of rotatable bonds is 5. The molecule has 0 bridgehead atoms. The second kappa shape index (κ2) is 7.61. The van der Waals surface area contributed by atoms with Crippen LogP contribution in [-0.4, -0.2) is 20.6 Å². The molecule has 8 nitrogen and oxygen atoms in total. The molecule has 2 aromatic carbocycles. The Bertz CT molecular complexity index is 1050. The zero-order valence-electron chi connectivity index (χ0n) is 14.4. The summed E-state index contributed by atoms with van der Waals surface area (Å²) in [6.07, 6.45) is 0. The molecule has 1 heterocycles. The highest BCUT2D eigenvalue weighted by Crippen LogP contribution is 2.24. The van der Waals surface area contributed by atoms with Gasteiger partial charge in [0.05, 0.1) is 10.6 Å². The van der Waals surface area contributed by atoms with E-state index >= 15 is 0 Å². The molecule has 1 N–H and O–H groups in total. The number of nitrogens with zero attached hydrogens (tertiary/aromatic N) is 3. The number of nitro groups is 1. The van der Waals surface area contributed by atoms with Gasteiger partial charge in [-0.1, -0.05) is 42.5 Å². The minimum atomic E-state index is -0.957. The van der Waals surface area contributed by atoms with Gasteiger partial charge in [-0.25, -0.2) is 4.68 Å². The van der Waals surface area contributed by atoms with Crippen molar-refractivity contribution in [2.24, 2.45) is 0 Å². The highest BCUT2D eigenvalue weighted by molar-refractivity contribution is 5.95. The molecular weight excluding hydrogens is 348 g/mol. The average Bonchev–Trinajstić information content (AvgIpc) is 2.68. The molecule has 0 spiro atoms. The van der Waals surface area contributed by atoms with Gasteiger partial charge in [0, 0.05) is 17.7 Å². The Morgan fingerprint density at radius 1 is 1.07 bits per heavy atom. The van der Waals surface area contributed by atoms with Crippen molar-refractivity contribution in [3.8, 4) is 11.3 Å². The Hall–Kier alpha value is -3.81. The van der Waals surface area contributed by atoms with Gasteiger partial charge in [-0.15, -0.1) is 0 Å². The number of carbonyl (C=O) groups excluding carboxylic acids is 1. The molecule has 0 aliphatic carbocycles. The highest BCUT2D eigenvalue weighted by atomic mass is 16.6. The van der Waals surface area contributed by atoms with Gasteiger partial charge in [0.25, 0.3) is 11.2 Å². The number of para-hydroxylation sites is 2. The van der Waals surface area contributed by atoms with Crippen molar-refractivity contribution in [2.45, 2.75) is 13.0 Å². The molecule has 27 heavy (non-hydrogen) atoms. The molecule has 1 aromatic heterocycles. The third-order valence-corrected chi connectivity index (χ3v) is 4.00. The second-order valence-corrected chi connectivity index (χ2v) is 5.81. The van der Waals surface area contributed by atoms with Gasteiger partial charge >= 0.3 is 0 Å². The van der Waals surface area contributed by atoms with E-state index < -0.39 is 22.4 Å². The molecule has 3 rings (SSSR count). The van der Waals surface area contributed by atoms with Crippen molar-refractivity contribution < 1.29 is 9.72 Å². The standard InChI is InChI=1S/C19H16N4O4/c1-13(19(25)20-16-9-5-6-10-17(16)23(26)27)22-18(24)12-11-15(21-22)14-7-3-2-4-8-14/h2-13H,1H3,(H,20,25). The maximum absolute atomic E-state index is 12.6. The summed E-state index contributed by atoms with van der Waals surface area (Å²) in [7, 11) is 0. The minimum absolute atomic E-state index is 0.0617. The quantitative estimate of drug-likeness (QED) is 0.553. The number of hydrogen-bond acceptors (Lipinski definition) is 5. The number of aromatic nitrogens is 2. The summed E-state index contributed by atoms with van der Waals surface area (Å²) in [5.41, 5.74) is 0.737. The van der Waals surface area contributed by atoms with Crippen molar-refractivity contribution in [3.63, 3.8) is 0 Å². The number of benzene rings is 2. The van der Waals surface area contributed by atoms with Crippen LogP contribution in [0.3, 0.4) is 0 Å². The molecule has 0 saturated heterocycles. The zero-order valence-corrected chi connectivity index (χ0v) is 14.4. The SMILES string of the molecule is CC(C(=O)Nc1ccccc1[N+](=O)[O-])n1nc(-c2ccccc2)ccc1=O. The summed E-state index contributed by atoms with van der Waals surface area (Å²) >= 11 is 0. The summed E-state index contributed by atoms with van der Waals surface area (Å²) in [4.78, 5) is 35.2. The molecule has 0 saturated carbocycles. The van der Waals surface area contributed by atoms with E-state index in [1.165, 1.54) is 31.2 Å². The number of anilines is 1. The van der Waals surface area contributed by atoms with Gasteiger partial charge in [-0.3, -0.25) is 19.7 Å². The Balaban J connectivity index is 1.90. The van der Waals surface area contributed by atoms with Crippen molar-refractivity contribution in [2.75, 3.05) is 5.32 Å². The molecule has 1 atom stereocenters. The normalized spacial score (nSPS) is 11.6. The van der Waals surface area contributed by atoms with Crippen LogP contribution in [0.2, 0.25) is 0 Å². The van der Waals surface area contributed by atoms with E-state index in [0.717, 1.165) is 10.2 Å². The lowest BCUT2D eigenvalue weighted by atomic mass is 10.1. The Morgan fingerprint density at radius 2 is 1.74 bits per heavy atom. The van der Waals surface area contributed by atoms with Crippen LogP contribution in [0.4, 0.5) is 11.4 Å². The third kappa shape index (κ3) is 3.90. The maximum atomic E-state index is 12.6. The first-order chi connectivity index (χ1) is 13.0. The summed E-state index contributed by atoms with van der Waals surface area (Å²) < 4.78 is 1.06. The van der Waals surface area contributed by atoms with E-state index in [1.54, 1.807) is 12.1 Å². The van der Waals surface area contributed by atoms with Crippen LogP contribution in [-0.2, 0) is 4.79 Å². The monoisotopic (exact) mass is 364 g/mol. The van der Waals surface area contributed by atoms with Crippen LogP contribution >= 0.6 is 0 Å². The molecule has 1 unspecified atom stereocenters. The zero-order chi connectivity index (χ0) is 19.4. The molecule has 136 valence electrons. The van der Waals surface area contributed by atoms with Crippen LogP contribution in [0, 0.1) is 10.1 Å². The largest absolute Gasteiger partial charge is 0.319 e. The first-order valence-electron chi connectivity index (χ1n) is 8.17. The fraction of sp³-hybridized carbons (Fsp3) is 0.105. The van der Waals surface area contributed by atoms with Gasteiger partial charge < -0.3 is 5.32 Å². The predicted octanol–water partition coefficient (Wildman–Crippen LogP) is 3.02. The molecular formula is C19H16N4O4. The molecule has 0 radical (unpaired) electrons. The fourth-order valence-electron chi connectivity index (χ4n) is 2.55. The van der Waals surface area contributed by atoms with Crippen LogP contribution in [0.25, 0.3) is 11.3 Å². The molecule has 0 fully saturated rings. The second-order valence-electron chi connectivity index (χ2n) is 5.81. The molecule has 3 aromatic rings. The number of nitrogens with one attached hydrogen (secondary N) is 1. The first-order valence-corrected chi connectivity index (χ1v) is 8.17. The number of carbonyl (C=O) groups is 1. The molecule has 1 amide bonds. The van der Waals surface area contributed by atoms with Crippen LogP contribution in [0.5, 0.6) is 0 Å². The Labute approximate surface area is 154 Å². The van der Waals surface area contributed by atoms with Gasteiger partial charge in [0.15, 0.2) is 0 Å². The van der Waals surface area contributed by atoms with Crippen molar-refractivity contribution in [1.82, 2.24) is 9.78 Å². The first kappa shape index (κ1) is 18.0. The Morgan fingerprint density at radius 3 is 2.44 bits per heavy atom.